The Morgan fingerprint density at radius 3 is 2.69 bits per heavy atom. The van der Waals surface area contributed by atoms with Gasteiger partial charge < -0.3 is 5.32 Å². The van der Waals surface area contributed by atoms with Crippen LogP contribution in [-0.4, -0.2) is 0 Å². The Kier molecular flexibility index (Phi) is 2.44. The third-order valence-electron chi connectivity index (χ3n) is 3.02. The van der Waals surface area contributed by atoms with Crippen LogP contribution >= 0.6 is 15.9 Å². The van der Waals surface area contributed by atoms with Crippen LogP contribution in [0.15, 0.2) is 53.0 Å². The molecule has 0 spiro atoms. The number of hydrogen-bond acceptors (Lipinski definition) is 1. The number of fused-ring (bicyclic) bond motifs is 1. The first-order valence-corrected chi connectivity index (χ1v) is 6.22. The van der Waals surface area contributed by atoms with Gasteiger partial charge >= 0.3 is 0 Å². The monoisotopic (exact) mass is 273 g/mol. The lowest BCUT2D eigenvalue weighted by molar-refractivity contribution is 0.824. The molecule has 1 aliphatic heterocycles. The maximum Gasteiger partial charge on any atom is 0.0555 e. The van der Waals surface area contributed by atoms with Crippen LogP contribution in [-0.2, 0) is 6.42 Å². The first-order valence-electron chi connectivity index (χ1n) is 5.43. The molecule has 2 aromatic carbocycles. The van der Waals surface area contributed by atoms with Crippen LogP contribution in [0.25, 0.3) is 0 Å². The predicted octanol–water partition coefficient (Wildman–Crippen LogP) is 4.16. The van der Waals surface area contributed by atoms with Gasteiger partial charge in [-0.25, -0.2) is 0 Å². The minimum absolute atomic E-state index is 0.422. The van der Waals surface area contributed by atoms with Crippen molar-refractivity contribution >= 4 is 21.6 Å². The molecule has 1 nitrogen and oxygen atoms in total. The molecular formula is C14H12BrN. The molecule has 2 aromatic rings. The number of hydrogen-bond donors (Lipinski definition) is 1. The van der Waals surface area contributed by atoms with Crippen molar-refractivity contribution in [3.63, 3.8) is 0 Å². The summed E-state index contributed by atoms with van der Waals surface area (Å²) in [6.45, 7) is 0. The summed E-state index contributed by atoms with van der Waals surface area (Å²) in [4.78, 5) is 0. The molecule has 0 aromatic heterocycles. The fourth-order valence-electron chi connectivity index (χ4n) is 2.22. The average molecular weight is 274 g/mol. The van der Waals surface area contributed by atoms with Crippen LogP contribution < -0.4 is 5.32 Å². The Labute approximate surface area is 104 Å². The summed E-state index contributed by atoms with van der Waals surface area (Å²) in [5.41, 5.74) is 4.01. The highest BCUT2D eigenvalue weighted by Gasteiger charge is 2.21. The lowest BCUT2D eigenvalue weighted by Crippen LogP contribution is -2.04. The second-order valence-electron chi connectivity index (χ2n) is 4.11. The highest BCUT2D eigenvalue weighted by atomic mass is 79.9. The third-order valence-corrected chi connectivity index (χ3v) is 3.52. The lowest BCUT2D eigenvalue weighted by atomic mass is 10.0. The SMILES string of the molecule is Brc1ccc2c(c1)CC(c1ccccc1)N2. The molecule has 0 radical (unpaired) electrons. The molecule has 0 amide bonds. The van der Waals surface area contributed by atoms with E-state index in [2.05, 4.69) is 69.8 Å². The summed E-state index contributed by atoms with van der Waals surface area (Å²) in [5, 5.41) is 3.56. The molecule has 0 aliphatic carbocycles. The highest BCUT2D eigenvalue weighted by molar-refractivity contribution is 9.10. The minimum Gasteiger partial charge on any atom is -0.378 e. The second-order valence-corrected chi connectivity index (χ2v) is 5.03. The zero-order valence-corrected chi connectivity index (χ0v) is 10.4. The quantitative estimate of drug-likeness (QED) is 0.823. The van der Waals surface area contributed by atoms with Gasteiger partial charge in [0.2, 0.25) is 0 Å². The van der Waals surface area contributed by atoms with Crippen LogP contribution in [0.1, 0.15) is 17.2 Å². The van der Waals surface area contributed by atoms with Gasteiger partial charge in [-0.3, -0.25) is 0 Å². The van der Waals surface area contributed by atoms with Crippen LogP contribution in [0.5, 0.6) is 0 Å². The van der Waals surface area contributed by atoms with Crippen LogP contribution in [0, 0.1) is 0 Å². The molecule has 0 saturated heterocycles. The van der Waals surface area contributed by atoms with Crippen molar-refractivity contribution in [2.24, 2.45) is 0 Å². The number of anilines is 1. The number of halogens is 1. The van der Waals surface area contributed by atoms with Gasteiger partial charge in [0.1, 0.15) is 0 Å². The van der Waals surface area contributed by atoms with Gasteiger partial charge in [-0.2, -0.15) is 0 Å². The number of nitrogens with one attached hydrogen (secondary N) is 1. The fraction of sp³-hybridized carbons (Fsp3) is 0.143. The topological polar surface area (TPSA) is 12.0 Å². The largest absolute Gasteiger partial charge is 0.378 e. The maximum absolute atomic E-state index is 3.56. The maximum atomic E-state index is 3.56. The molecule has 1 unspecified atom stereocenters. The Bertz CT molecular complexity index is 507. The zero-order chi connectivity index (χ0) is 11.0. The Morgan fingerprint density at radius 2 is 1.88 bits per heavy atom. The van der Waals surface area contributed by atoms with Gasteiger partial charge in [0.25, 0.3) is 0 Å². The second kappa shape index (κ2) is 3.95. The van der Waals surface area contributed by atoms with E-state index in [0.29, 0.717) is 6.04 Å². The fourth-order valence-corrected chi connectivity index (χ4v) is 2.63. The van der Waals surface area contributed by atoms with Crippen LogP contribution in [0.3, 0.4) is 0 Å². The van der Waals surface area contributed by atoms with Crippen molar-refractivity contribution in [1.82, 2.24) is 0 Å². The van der Waals surface area contributed by atoms with Gasteiger partial charge in [-0.05, 0) is 35.7 Å². The first-order chi connectivity index (χ1) is 7.83. The van der Waals surface area contributed by atoms with E-state index in [1.807, 2.05) is 0 Å². The van der Waals surface area contributed by atoms with E-state index in [-0.39, 0.29) is 0 Å². The molecule has 1 N–H and O–H groups in total. The van der Waals surface area contributed by atoms with Gasteiger partial charge in [-0.1, -0.05) is 46.3 Å². The van der Waals surface area contributed by atoms with Crippen LogP contribution in [0.2, 0.25) is 0 Å². The third kappa shape index (κ3) is 1.74. The van der Waals surface area contributed by atoms with Crippen molar-refractivity contribution in [1.29, 1.82) is 0 Å². The van der Waals surface area contributed by atoms with E-state index in [4.69, 9.17) is 0 Å². The molecule has 80 valence electrons. The molecule has 3 rings (SSSR count). The molecule has 1 aliphatic rings. The molecule has 0 bridgehead atoms. The van der Waals surface area contributed by atoms with Gasteiger partial charge in [-0.15, -0.1) is 0 Å². The van der Waals surface area contributed by atoms with Crippen molar-refractivity contribution in [3.05, 3.63) is 64.1 Å². The molecule has 1 heterocycles. The highest BCUT2D eigenvalue weighted by Crippen LogP contribution is 2.35. The van der Waals surface area contributed by atoms with Gasteiger partial charge in [0, 0.05) is 10.2 Å². The van der Waals surface area contributed by atoms with Gasteiger partial charge in [0.05, 0.1) is 6.04 Å². The summed E-state index contributed by atoms with van der Waals surface area (Å²) in [5.74, 6) is 0. The summed E-state index contributed by atoms with van der Waals surface area (Å²) in [7, 11) is 0. The number of benzene rings is 2. The predicted molar refractivity (Wildman–Crippen MR) is 70.7 cm³/mol. The molecule has 2 heteroatoms. The smallest absolute Gasteiger partial charge is 0.0555 e. The Hall–Kier alpha value is -1.28. The molecule has 1 atom stereocenters. The average Bonchev–Trinajstić information content (AvgIpc) is 2.73. The standard InChI is InChI=1S/C14H12BrN/c15-12-6-7-13-11(8-12)9-14(16-13)10-4-2-1-3-5-10/h1-8,14,16H,9H2. The summed E-state index contributed by atoms with van der Waals surface area (Å²) < 4.78 is 1.15. The molecular weight excluding hydrogens is 262 g/mol. The van der Waals surface area contributed by atoms with Crippen molar-refractivity contribution in [2.45, 2.75) is 12.5 Å². The van der Waals surface area contributed by atoms with Crippen molar-refractivity contribution in [3.8, 4) is 0 Å². The van der Waals surface area contributed by atoms with E-state index < -0.39 is 0 Å². The molecule has 0 fully saturated rings. The summed E-state index contributed by atoms with van der Waals surface area (Å²) >= 11 is 3.51. The number of rotatable bonds is 1. The summed E-state index contributed by atoms with van der Waals surface area (Å²) in [6, 6.07) is 17.4. The first kappa shape index (κ1) is 9.91. The van der Waals surface area contributed by atoms with E-state index in [9.17, 15) is 0 Å². The molecule has 16 heavy (non-hydrogen) atoms. The lowest BCUT2D eigenvalue weighted by Gasteiger charge is -2.10. The zero-order valence-electron chi connectivity index (χ0n) is 8.78. The Balaban J connectivity index is 1.91. The minimum atomic E-state index is 0.422. The van der Waals surface area contributed by atoms with Crippen molar-refractivity contribution < 1.29 is 0 Å². The van der Waals surface area contributed by atoms with E-state index in [1.165, 1.54) is 16.8 Å². The summed E-state index contributed by atoms with van der Waals surface area (Å²) in [6.07, 6.45) is 1.07. The van der Waals surface area contributed by atoms with E-state index >= 15 is 0 Å². The van der Waals surface area contributed by atoms with E-state index in [1.54, 1.807) is 0 Å². The Morgan fingerprint density at radius 1 is 1.06 bits per heavy atom. The molecule has 0 saturated carbocycles. The van der Waals surface area contributed by atoms with Gasteiger partial charge in [0.15, 0.2) is 0 Å². The normalized spacial score (nSPS) is 17.9. The van der Waals surface area contributed by atoms with E-state index in [0.717, 1.165) is 10.9 Å². The van der Waals surface area contributed by atoms with Crippen molar-refractivity contribution in [2.75, 3.05) is 5.32 Å². The van der Waals surface area contributed by atoms with Crippen LogP contribution in [0.4, 0.5) is 5.69 Å².